The van der Waals surface area contributed by atoms with Crippen LogP contribution in [0, 0.1) is 0 Å². The number of ether oxygens (including phenoxy) is 3. The third-order valence-corrected chi connectivity index (χ3v) is 7.34. The van der Waals surface area contributed by atoms with Crippen molar-refractivity contribution in [2.75, 3.05) is 0 Å². The zero-order valence-electron chi connectivity index (χ0n) is 18.1. The summed E-state index contributed by atoms with van der Waals surface area (Å²) in [5.74, 6) is 0. The minimum atomic E-state index is -0.615. The van der Waals surface area contributed by atoms with Crippen LogP contribution in [-0.2, 0) is 31.0 Å². The molecule has 3 aliphatic rings. The zero-order valence-corrected chi connectivity index (χ0v) is 18.1. The van der Waals surface area contributed by atoms with Crippen molar-refractivity contribution in [3.8, 4) is 0 Å². The number of rotatable bonds is 3. The van der Waals surface area contributed by atoms with E-state index in [9.17, 15) is 0 Å². The molecule has 0 aliphatic carbocycles. The van der Waals surface area contributed by atoms with Gasteiger partial charge in [0.05, 0.1) is 0 Å². The Bertz CT molecular complexity index is 950. The monoisotopic (exact) mass is 413 g/mol. The molecule has 3 aromatic carbocycles. The number of nitrogens with zero attached hydrogens (tertiary/aromatic N) is 1. The van der Waals surface area contributed by atoms with Crippen LogP contribution in [0.4, 0.5) is 0 Å². The van der Waals surface area contributed by atoms with Gasteiger partial charge in [0.2, 0.25) is 0 Å². The molecule has 0 aromatic heterocycles. The fraction of sp³-hybridized carbons (Fsp3) is 0.333. The van der Waals surface area contributed by atoms with E-state index in [0.29, 0.717) is 0 Å². The number of hydrogen-bond donors (Lipinski definition) is 0. The molecule has 6 rings (SSSR count). The maximum atomic E-state index is 6.87. The van der Waals surface area contributed by atoms with E-state index in [0.717, 1.165) is 16.7 Å². The lowest BCUT2D eigenvalue weighted by molar-refractivity contribution is -0.138. The first kappa shape index (κ1) is 19.2. The summed E-state index contributed by atoms with van der Waals surface area (Å²) < 4.78 is 20.6. The second-order valence-corrected chi connectivity index (χ2v) is 9.28. The van der Waals surface area contributed by atoms with Crippen molar-refractivity contribution in [3.05, 3.63) is 108 Å². The first-order valence-electron chi connectivity index (χ1n) is 10.9. The van der Waals surface area contributed by atoms with Gasteiger partial charge >= 0.3 is 0 Å². The highest BCUT2D eigenvalue weighted by atomic mass is 16.7. The van der Waals surface area contributed by atoms with Crippen LogP contribution in [0.25, 0.3) is 0 Å². The Labute approximate surface area is 183 Å². The van der Waals surface area contributed by atoms with Crippen molar-refractivity contribution in [1.82, 2.24) is 4.90 Å². The Morgan fingerprint density at radius 2 is 0.742 bits per heavy atom. The Morgan fingerprint density at radius 3 is 1.00 bits per heavy atom. The second kappa shape index (κ2) is 6.50. The molecule has 6 atom stereocenters. The largest absolute Gasteiger partial charge is 0.344 e. The van der Waals surface area contributed by atoms with Gasteiger partial charge in [0, 0.05) is 0 Å². The van der Waals surface area contributed by atoms with E-state index in [-0.39, 0.29) is 18.7 Å². The predicted molar refractivity (Wildman–Crippen MR) is 118 cm³/mol. The number of hydrogen-bond acceptors (Lipinski definition) is 4. The minimum Gasteiger partial charge on any atom is -0.344 e. The zero-order chi connectivity index (χ0) is 21.3. The maximum absolute atomic E-state index is 6.87. The van der Waals surface area contributed by atoms with Gasteiger partial charge < -0.3 is 14.2 Å². The lowest BCUT2D eigenvalue weighted by Gasteiger charge is -2.32. The smallest absolute Gasteiger partial charge is 0.149 e. The van der Waals surface area contributed by atoms with Crippen LogP contribution in [0.15, 0.2) is 91.0 Å². The third-order valence-electron chi connectivity index (χ3n) is 7.34. The summed E-state index contributed by atoms with van der Waals surface area (Å²) in [7, 11) is 0. The minimum absolute atomic E-state index is 0.263. The van der Waals surface area contributed by atoms with Crippen LogP contribution in [0.5, 0.6) is 0 Å². The molecular weight excluding hydrogens is 386 g/mol. The Morgan fingerprint density at radius 1 is 0.484 bits per heavy atom. The second-order valence-electron chi connectivity index (χ2n) is 9.28. The molecule has 4 heteroatoms. The van der Waals surface area contributed by atoms with Gasteiger partial charge in [-0.05, 0) is 37.5 Å². The van der Waals surface area contributed by atoms with Crippen LogP contribution in [0.3, 0.4) is 0 Å². The van der Waals surface area contributed by atoms with Gasteiger partial charge in [0.1, 0.15) is 35.5 Å². The SMILES string of the molecule is C[C@@]1(c2ccccc2)O[C@@H]2N3[C@H]1O[C@](C)(c1ccccc1)[C@@H]3O[C@]2(C)c1ccccc1. The first-order chi connectivity index (χ1) is 15.0. The average Bonchev–Trinajstić information content (AvgIpc) is 3.40. The summed E-state index contributed by atoms with van der Waals surface area (Å²) in [4.78, 5) is 2.31. The quantitative estimate of drug-likeness (QED) is 0.598. The van der Waals surface area contributed by atoms with E-state index in [1.165, 1.54) is 0 Å². The van der Waals surface area contributed by atoms with Crippen LogP contribution in [-0.4, -0.2) is 23.6 Å². The van der Waals surface area contributed by atoms with Crippen molar-refractivity contribution in [1.29, 1.82) is 0 Å². The molecule has 0 radical (unpaired) electrons. The van der Waals surface area contributed by atoms with Crippen molar-refractivity contribution < 1.29 is 14.2 Å². The topological polar surface area (TPSA) is 30.9 Å². The highest BCUT2D eigenvalue weighted by Gasteiger charge is 2.73. The molecule has 0 amide bonds. The van der Waals surface area contributed by atoms with E-state index >= 15 is 0 Å². The van der Waals surface area contributed by atoms with Gasteiger partial charge in [-0.3, -0.25) is 0 Å². The van der Waals surface area contributed by atoms with Crippen LogP contribution in [0.1, 0.15) is 37.5 Å². The molecule has 31 heavy (non-hydrogen) atoms. The van der Waals surface area contributed by atoms with Gasteiger partial charge in [0.15, 0.2) is 0 Å². The van der Waals surface area contributed by atoms with E-state index in [1.807, 2.05) is 18.2 Å². The van der Waals surface area contributed by atoms with Crippen LogP contribution < -0.4 is 0 Å². The molecule has 4 nitrogen and oxygen atoms in total. The van der Waals surface area contributed by atoms with Crippen LogP contribution >= 0.6 is 0 Å². The molecule has 158 valence electrons. The number of benzene rings is 3. The van der Waals surface area contributed by atoms with E-state index in [1.54, 1.807) is 0 Å². The molecular formula is C27H27NO3. The lowest BCUT2D eigenvalue weighted by atomic mass is 9.94. The summed E-state index contributed by atoms with van der Waals surface area (Å²) >= 11 is 0. The fourth-order valence-electron chi connectivity index (χ4n) is 5.55. The molecule has 3 fully saturated rings. The van der Waals surface area contributed by atoms with Crippen molar-refractivity contribution in [3.63, 3.8) is 0 Å². The average molecular weight is 414 g/mol. The molecule has 0 spiro atoms. The van der Waals surface area contributed by atoms with E-state index in [2.05, 4.69) is 98.5 Å². The maximum Gasteiger partial charge on any atom is 0.149 e. The summed E-state index contributed by atoms with van der Waals surface area (Å²) in [6.07, 6.45) is -0.790. The summed E-state index contributed by atoms with van der Waals surface area (Å²) in [6, 6.07) is 31.2. The van der Waals surface area contributed by atoms with E-state index < -0.39 is 16.8 Å². The standard InChI is InChI=1S/C27H27NO3/c1-25(19-13-7-4-8-14-19)22-28-23(29-25)26(2,20-15-9-5-10-16-20)31-24(28)27(3,30-22)21-17-11-6-12-18-21/h4-18,22-24H,1-3H3/t22-,23-,24-,25-,26+,27+/m0/s1. The van der Waals surface area contributed by atoms with Gasteiger partial charge in [0.25, 0.3) is 0 Å². The fourth-order valence-corrected chi connectivity index (χ4v) is 5.55. The summed E-state index contributed by atoms with van der Waals surface area (Å²) in [5.41, 5.74) is 1.49. The molecule has 3 aliphatic heterocycles. The predicted octanol–water partition coefficient (Wildman–Crippen LogP) is 5.10. The molecule has 3 saturated heterocycles. The Hall–Kier alpha value is -2.50. The van der Waals surface area contributed by atoms with Gasteiger partial charge in [-0.25, -0.2) is 4.90 Å². The van der Waals surface area contributed by atoms with Gasteiger partial charge in [-0.1, -0.05) is 91.0 Å². The molecule has 0 N–H and O–H groups in total. The summed E-state index contributed by atoms with van der Waals surface area (Å²) in [6.45, 7) is 6.43. The van der Waals surface area contributed by atoms with E-state index in [4.69, 9.17) is 14.2 Å². The third kappa shape index (κ3) is 2.50. The Kier molecular flexibility index (Phi) is 4.03. The normalized spacial score (nSPS) is 39.0. The Balaban J connectivity index is 1.52. The molecule has 3 aromatic rings. The van der Waals surface area contributed by atoms with Crippen molar-refractivity contribution in [2.45, 2.75) is 56.3 Å². The molecule has 0 bridgehead atoms. The lowest BCUT2D eigenvalue weighted by Crippen LogP contribution is -2.40. The first-order valence-corrected chi connectivity index (χ1v) is 10.9. The van der Waals surface area contributed by atoms with Crippen LogP contribution in [0.2, 0.25) is 0 Å². The van der Waals surface area contributed by atoms with Gasteiger partial charge in [-0.2, -0.15) is 0 Å². The molecule has 0 saturated carbocycles. The van der Waals surface area contributed by atoms with Gasteiger partial charge in [-0.15, -0.1) is 0 Å². The molecule has 0 unspecified atom stereocenters. The summed E-state index contributed by atoms with van der Waals surface area (Å²) in [5, 5.41) is 0. The molecule has 3 heterocycles. The highest BCUT2D eigenvalue weighted by Crippen LogP contribution is 2.61. The van der Waals surface area contributed by atoms with Crippen molar-refractivity contribution >= 4 is 0 Å². The highest BCUT2D eigenvalue weighted by molar-refractivity contribution is 5.34. The van der Waals surface area contributed by atoms with Crippen molar-refractivity contribution in [2.24, 2.45) is 0 Å².